The van der Waals surface area contributed by atoms with Gasteiger partial charge < -0.3 is 10.0 Å². The number of amides is 3. The van der Waals surface area contributed by atoms with E-state index < -0.39 is 29.2 Å². The topological polar surface area (TPSA) is 104 Å². The molecule has 1 rings (SSSR count). The van der Waals surface area contributed by atoms with Crippen LogP contribution in [0.2, 0.25) is 0 Å². The van der Waals surface area contributed by atoms with E-state index in [0.29, 0.717) is 6.42 Å². The number of hydrogen-bond donors (Lipinski definition) is 2. The summed E-state index contributed by atoms with van der Waals surface area (Å²) in [5, 5.41) is 11.0. The maximum atomic E-state index is 12.3. The standard InChI is InChI=1S/C13H20N2O5/c1-4-8-12(20)14-9(16)7-15(8)10(17)5-13(2,3)6-11(18)19/h8H,4-7H2,1-3H3,(H,18,19)(H,14,16,20). The molecule has 1 fully saturated rings. The van der Waals surface area contributed by atoms with Crippen LogP contribution in [0.1, 0.15) is 40.0 Å². The molecule has 2 N–H and O–H groups in total. The van der Waals surface area contributed by atoms with E-state index >= 15 is 0 Å². The van der Waals surface area contributed by atoms with E-state index in [-0.39, 0.29) is 25.3 Å². The lowest BCUT2D eigenvalue weighted by molar-refractivity contribution is -0.152. The maximum Gasteiger partial charge on any atom is 0.303 e. The average Bonchev–Trinajstić information content (AvgIpc) is 2.25. The van der Waals surface area contributed by atoms with Crippen molar-refractivity contribution >= 4 is 23.7 Å². The second kappa shape index (κ2) is 6.02. The number of carbonyl (C=O) groups excluding carboxylic acids is 3. The molecule has 3 amide bonds. The SMILES string of the molecule is CCC1C(=O)NC(=O)CN1C(=O)CC(C)(C)CC(=O)O. The lowest BCUT2D eigenvalue weighted by Gasteiger charge is -2.35. The van der Waals surface area contributed by atoms with Crippen molar-refractivity contribution < 1.29 is 24.3 Å². The van der Waals surface area contributed by atoms with Crippen LogP contribution in [0.15, 0.2) is 0 Å². The molecule has 0 saturated carbocycles. The van der Waals surface area contributed by atoms with Crippen molar-refractivity contribution in [3.8, 4) is 0 Å². The van der Waals surface area contributed by atoms with Gasteiger partial charge in [0.25, 0.3) is 0 Å². The van der Waals surface area contributed by atoms with Gasteiger partial charge in [-0.25, -0.2) is 0 Å². The number of imide groups is 1. The molecule has 1 atom stereocenters. The highest BCUT2D eigenvalue weighted by Crippen LogP contribution is 2.27. The molecule has 1 aliphatic heterocycles. The average molecular weight is 284 g/mol. The Morgan fingerprint density at radius 2 is 1.95 bits per heavy atom. The third-order valence-electron chi connectivity index (χ3n) is 3.22. The van der Waals surface area contributed by atoms with Crippen molar-refractivity contribution in [3.63, 3.8) is 0 Å². The van der Waals surface area contributed by atoms with Crippen molar-refractivity contribution in [1.82, 2.24) is 10.2 Å². The first-order chi connectivity index (χ1) is 9.16. The second-order valence-electron chi connectivity index (χ2n) is 5.77. The lowest BCUT2D eigenvalue weighted by Crippen LogP contribution is -2.59. The van der Waals surface area contributed by atoms with Gasteiger partial charge in [-0.3, -0.25) is 24.5 Å². The fraction of sp³-hybridized carbons (Fsp3) is 0.692. The number of rotatable bonds is 5. The fourth-order valence-corrected chi connectivity index (χ4v) is 2.32. The minimum Gasteiger partial charge on any atom is -0.481 e. The van der Waals surface area contributed by atoms with Crippen LogP contribution in [0.4, 0.5) is 0 Å². The van der Waals surface area contributed by atoms with Crippen LogP contribution in [0.3, 0.4) is 0 Å². The van der Waals surface area contributed by atoms with E-state index in [1.807, 2.05) is 0 Å². The van der Waals surface area contributed by atoms with Crippen LogP contribution in [0, 0.1) is 5.41 Å². The van der Waals surface area contributed by atoms with E-state index in [0.717, 1.165) is 0 Å². The molecule has 0 radical (unpaired) electrons. The Balaban J connectivity index is 2.81. The van der Waals surface area contributed by atoms with Crippen LogP contribution in [-0.4, -0.2) is 46.3 Å². The quantitative estimate of drug-likeness (QED) is 0.699. The Morgan fingerprint density at radius 3 is 2.45 bits per heavy atom. The van der Waals surface area contributed by atoms with Crippen molar-refractivity contribution in [1.29, 1.82) is 0 Å². The first-order valence-electron chi connectivity index (χ1n) is 6.51. The predicted octanol–water partition coefficient (Wildman–Crippen LogP) is 0.141. The highest BCUT2D eigenvalue weighted by Gasteiger charge is 2.37. The van der Waals surface area contributed by atoms with Crippen molar-refractivity contribution in [2.75, 3.05) is 6.54 Å². The smallest absolute Gasteiger partial charge is 0.303 e. The highest BCUT2D eigenvalue weighted by molar-refractivity contribution is 6.04. The lowest BCUT2D eigenvalue weighted by atomic mass is 9.85. The largest absolute Gasteiger partial charge is 0.481 e. The molecule has 1 saturated heterocycles. The fourth-order valence-electron chi connectivity index (χ4n) is 2.32. The van der Waals surface area contributed by atoms with Crippen LogP contribution in [0.25, 0.3) is 0 Å². The summed E-state index contributed by atoms with van der Waals surface area (Å²) >= 11 is 0. The zero-order valence-corrected chi connectivity index (χ0v) is 11.9. The number of carboxylic acid groups (broad SMARTS) is 1. The number of carbonyl (C=O) groups is 4. The van der Waals surface area contributed by atoms with Gasteiger partial charge in [-0.2, -0.15) is 0 Å². The van der Waals surface area contributed by atoms with Crippen molar-refractivity contribution in [2.24, 2.45) is 5.41 Å². The first-order valence-corrected chi connectivity index (χ1v) is 6.51. The number of hydrogen-bond acceptors (Lipinski definition) is 4. The molecule has 0 aromatic rings. The monoisotopic (exact) mass is 284 g/mol. The molecule has 0 spiro atoms. The van der Waals surface area contributed by atoms with Gasteiger partial charge in [-0.15, -0.1) is 0 Å². The third-order valence-corrected chi connectivity index (χ3v) is 3.22. The molecule has 0 aliphatic carbocycles. The van der Waals surface area contributed by atoms with Crippen LogP contribution >= 0.6 is 0 Å². The predicted molar refractivity (Wildman–Crippen MR) is 69.6 cm³/mol. The summed E-state index contributed by atoms with van der Waals surface area (Å²) in [7, 11) is 0. The summed E-state index contributed by atoms with van der Waals surface area (Å²) in [6.45, 7) is 4.94. The zero-order chi connectivity index (χ0) is 15.5. The van der Waals surface area contributed by atoms with Gasteiger partial charge in [0, 0.05) is 6.42 Å². The second-order valence-corrected chi connectivity index (χ2v) is 5.77. The summed E-state index contributed by atoms with van der Waals surface area (Å²) in [5.74, 6) is -2.34. The Labute approximate surface area is 117 Å². The summed E-state index contributed by atoms with van der Waals surface area (Å²) in [5.41, 5.74) is -0.724. The molecule has 1 unspecified atom stereocenters. The van der Waals surface area contributed by atoms with Crippen LogP contribution in [-0.2, 0) is 19.2 Å². The van der Waals surface area contributed by atoms with Gasteiger partial charge >= 0.3 is 5.97 Å². The van der Waals surface area contributed by atoms with E-state index in [1.54, 1.807) is 20.8 Å². The third kappa shape index (κ3) is 4.04. The number of aliphatic carboxylic acids is 1. The van der Waals surface area contributed by atoms with Gasteiger partial charge in [0.2, 0.25) is 17.7 Å². The molecule has 1 aliphatic rings. The number of nitrogens with zero attached hydrogens (tertiary/aromatic N) is 1. The normalized spacial score (nSPS) is 19.8. The summed E-state index contributed by atoms with van der Waals surface area (Å²) in [6, 6.07) is -0.666. The van der Waals surface area contributed by atoms with E-state index in [2.05, 4.69) is 5.32 Å². The Hall–Kier alpha value is -1.92. The molecule has 7 heteroatoms. The number of carboxylic acids is 1. The summed E-state index contributed by atoms with van der Waals surface area (Å²) in [4.78, 5) is 47.3. The molecule has 1 heterocycles. The van der Waals surface area contributed by atoms with Crippen LogP contribution < -0.4 is 5.32 Å². The van der Waals surface area contributed by atoms with Crippen molar-refractivity contribution in [2.45, 2.75) is 46.1 Å². The summed E-state index contributed by atoms with van der Waals surface area (Å²) in [6.07, 6.45) is 0.240. The molecule has 20 heavy (non-hydrogen) atoms. The molecular weight excluding hydrogens is 264 g/mol. The van der Waals surface area contributed by atoms with E-state index in [9.17, 15) is 19.2 Å². The van der Waals surface area contributed by atoms with Gasteiger partial charge in [-0.1, -0.05) is 20.8 Å². The van der Waals surface area contributed by atoms with E-state index in [1.165, 1.54) is 4.90 Å². The maximum absolute atomic E-state index is 12.3. The summed E-state index contributed by atoms with van der Waals surface area (Å²) < 4.78 is 0. The number of piperazine rings is 1. The van der Waals surface area contributed by atoms with Gasteiger partial charge in [0.05, 0.1) is 6.42 Å². The van der Waals surface area contributed by atoms with Gasteiger partial charge in [0.1, 0.15) is 12.6 Å². The molecule has 0 aromatic carbocycles. The minimum absolute atomic E-state index is 0.0175. The molecular formula is C13H20N2O5. The molecule has 0 aromatic heterocycles. The zero-order valence-electron chi connectivity index (χ0n) is 11.9. The highest BCUT2D eigenvalue weighted by atomic mass is 16.4. The Morgan fingerprint density at radius 1 is 1.35 bits per heavy atom. The van der Waals surface area contributed by atoms with Crippen LogP contribution in [0.5, 0.6) is 0 Å². The Bertz CT molecular complexity index is 444. The van der Waals surface area contributed by atoms with Gasteiger partial charge in [-0.05, 0) is 11.8 Å². The van der Waals surface area contributed by atoms with Crippen molar-refractivity contribution in [3.05, 3.63) is 0 Å². The minimum atomic E-state index is -0.984. The first kappa shape index (κ1) is 16.1. The molecule has 0 bridgehead atoms. The number of nitrogens with one attached hydrogen (secondary N) is 1. The molecule has 112 valence electrons. The Kier molecular flexibility index (Phi) is 4.86. The molecule has 7 nitrogen and oxygen atoms in total. The van der Waals surface area contributed by atoms with Gasteiger partial charge in [0.15, 0.2) is 0 Å². The van der Waals surface area contributed by atoms with E-state index in [4.69, 9.17) is 5.11 Å².